The number of ketones is 1. The normalized spacial score (nSPS) is 14.2. The van der Waals surface area contributed by atoms with Crippen molar-refractivity contribution in [1.29, 1.82) is 0 Å². The van der Waals surface area contributed by atoms with Gasteiger partial charge in [-0.05, 0) is 68.0 Å². The average molecular weight is 505 g/mol. The topological polar surface area (TPSA) is 95.2 Å². The summed E-state index contributed by atoms with van der Waals surface area (Å²) in [6.07, 6.45) is 4.14. The number of aromatic nitrogens is 2. The fourth-order valence-corrected chi connectivity index (χ4v) is 5.29. The maximum absolute atomic E-state index is 13.5. The molecule has 9 heteroatoms. The third-order valence-corrected chi connectivity index (χ3v) is 7.35. The number of Topliss-reactive ketones (excluding diaryl/α,β-unsaturated/α-hetero) is 1. The number of halogens is 1. The van der Waals surface area contributed by atoms with Crippen molar-refractivity contribution >= 4 is 45.0 Å². The minimum Gasteiger partial charge on any atom is -0.358 e. The molecule has 3 heterocycles. The number of nitrogens with one attached hydrogen (secondary N) is 2. The smallest absolute Gasteiger partial charge is 0.298 e. The molecule has 0 aliphatic carbocycles. The molecule has 1 aliphatic rings. The Kier molecular flexibility index (Phi) is 6.65. The minimum absolute atomic E-state index is 0.0872. The molecule has 184 valence electrons. The number of piperidine rings is 1. The van der Waals surface area contributed by atoms with E-state index in [1.54, 1.807) is 29.8 Å². The summed E-state index contributed by atoms with van der Waals surface area (Å²) in [6.45, 7) is 3.10. The third kappa shape index (κ3) is 4.92. The van der Waals surface area contributed by atoms with E-state index in [9.17, 15) is 18.8 Å². The Balaban J connectivity index is 1.30. The molecular weight excluding hydrogens is 479 g/mol. The molecule has 4 aromatic rings. The second-order valence-electron chi connectivity index (χ2n) is 9.07. The van der Waals surface area contributed by atoms with Crippen LogP contribution in [0.4, 0.5) is 9.52 Å². The lowest BCUT2D eigenvalue weighted by molar-refractivity contribution is -0.112. The first-order chi connectivity index (χ1) is 17.4. The van der Waals surface area contributed by atoms with Crippen LogP contribution in [0.3, 0.4) is 0 Å². The van der Waals surface area contributed by atoms with Gasteiger partial charge in [0.25, 0.3) is 17.6 Å². The van der Waals surface area contributed by atoms with Gasteiger partial charge in [0, 0.05) is 46.8 Å². The summed E-state index contributed by atoms with van der Waals surface area (Å²) in [6, 6.07) is 11.5. The predicted octanol–water partition coefficient (Wildman–Crippen LogP) is 4.99. The quantitative estimate of drug-likeness (QED) is 0.286. The molecule has 2 aromatic carbocycles. The number of anilines is 1. The third-order valence-electron chi connectivity index (χ3n) is 6.66. The van der Waals surface area contributed by atoms with Crippen molar-refractivity contribution in [1.82, 2.24) is 14.9 Å². The number of thiazole rings is 1. The molecule has 2 amide bonds. The maximum Gasteiger partial charge on any atom is 0.298 e. The lowest BCUT2D eigenvalue weighted by atomic mass is 9.90. The van der Waals surface area contributed by atoms with Crippen LogP contribution in [-0.2, 0) is 11.2 Å². The van der Waals surface area contributed by atoms with E-state index >= 15 is 0 Å². The number of aromatic amines is 1. The summed E-state index contributed by atoms with van der Waals surface area (Å²) < 4.78 is 13.2. The number of fused-ring (bicyclic) bond motifs is 1. The van der Waals surface area contributed by atoms with Crippen LogP contribution < -0.4 is 5.32 Å². The van der Waals surface area contributed by atoms with Crippen LogP contribution >= 0.6 is 11.3 Å². The number of rotatable bonds is 6. The summed E-state index contributed by atoms with van der Waals surface area (Å²) in [5, 5.41) is 5.19. The van der Waals surface area contributed by atoms with Gasteiger partial charge < -0.3 is 9.88 Å². The van der Waals surface area contributed by atoms with Gasteiger partial charge >= 0.3 is 0 Å². The van der Waals surface area contributed by atoms with Gasteiger partial charge in [0.15, 0.2) is 5.13 Å². The number of likely N-dealkylation sites (tertiary alicyclic amines) is 1. The number of carbonyl (C=O) groups is 3. The Hall–Kier alpha value is -3.85. The summed E-state index contributed by atoms with van der Waals surface area (Å²) in [5.41, 5.74) is 3.29. The van der Waals surface area contributed by atoms with Gasteiger partial charge in [-0.25, -0.2) is 9.37 Å². The Labute approximate surface area is 211 Å². The van der Waals surface area contributed by atoms with Gasteiger partial charge in [-0.3, -0.25) is 19.7 Å². The van der Waals surface area contributed by atoms with E-state index in [0.717, 1.165) is 36.0 Å². The number of amides is 2. The lowest BCUT2D eigenvalue weighted by Crippen LogP contribution is -2.39. The number of carbonyl (C=O) groups excluding carboxylic acids is 3. The van der Waals surface area contributed by atoms with Crippen LogP contribution in [-0.4, -0.2) is 45.6 Å². The van der Waals surface area contributed by atoms with Crippen LogP contribution in [0.15, 0.2) is 54.0 Å². The first-order valence-electron chi connectivity index (χ1n) is 11.8. The number of H-pyrrole nitrogens is 1. The molecule has 5 rings (SSSR count). The molecule has 1 fully saturated rings. The van der Waals surface area contributed by atoms with Gasteiger partial charge in [-0.2, -0.15) is 0 Å². The zero-order valence-corrected chi connectivity index (χ0v) is 20.5. The molecule has 0 spiro atoms. The summed E-state index contributed by atoms with van der Waals surface area (Å²) in [7, 11) is 0. The number of aryl methyl sites for hydroxylation is 1. The lowest BCUT2D eigenvalue weighted by Gasteiger charge is -2.32. The highest BCUT2D eigenvalue weighted by Gasteiger charge is 2.27. The van der Waals surface area contributed by atoms with Gasteiger partial charge in [0.05, 0.1) is 5.56 Å². The highest BCUT2D eigenvalue weighted by atomic mass is 32.1. The molecule has 1 saturated heterocycles. The molecule has 36 heavy (non-hydrogen) atoms. The molecule has 2 aromatic heterocycles. The van der Waals surface area contributed by atoms with Crippen molar-refractivity contribution in [2.24, 2.45) is 5.92 Å². The van der Waals surface area contributed by atoms with Crippen LogP contribution in [0.25, 0.3) is 10.9 Å². The van der Waals surface area contributed by atoms with Crippen LogP contribution in [0.5, 0.6) is 0 Å². The second kappa shape index (κ2) is 10.0. The van der Waals surface area contributed by atoms with E-state index in [2.05, 4.69) is 15.3 Å². The highest BCUT2D eigenvalue weighted by Crippen LogP contribution is 2.28. The van der Waals surface area contributed by atoms with Gasteiger partial charge in [-0.1, -0.05) is 12.1 Å². The van der Waals surface area contributed by atoms with E-state index in [0.29, 0.717) is 35.1 Å². The first kappa shape index (κ1) is 23.9. The number of hydrogen-bond donors (Lipinski definition) is 2. The Morgan fingerprint density at radius 1 is 1.14 bits per heavy atom. The van der Waals surface area contributed by atoms with Crippen molar-refractivity contribution in [3.05, 3.63) is 82.2 Å². The fraction of sp³-hybridized carbons (Fsp3) is 0.259. The first-order valence-corrected chi connectivity index (χ1v) is 12.7. The second-order valence-corrected chi connectivity index (χ2v) is 9.97. The average Bonchev–Trinajstić information content (AvgIpc) is 3.51. The number of hydrogen-bond acceptors (Lipinski definition) is 5. The van der Waals surface area contributed by atoms with E-state index in [-0.39, 0.29) is 17.3 Å². The van der Waals surface area contributed by atoms with Crippen LogP contribution in [0, 0.1) is 18.7 Å². The molecule has 0 saturated carbocycles. The SMILES string of the molecule is Cc1[nH]c2ccc(C(=O)C(=O)Nc3nccs3)cc2c1C(=O)N1CCC(Cc2ccc(F)cc2)CC1. The number of benzene rings is 2. The predicted molar refractivity (Wildman–Crippen MR) is 137 cm³/mol. The van der Waals surface area contributed by atoms with Crippen molar-refractivity contribution in [3.63, 3.8) is 0 Å². The molecule has 0 bridgehead atoms. The van der Waals surface area contributed by atoms with Gasteiger partial charge in [0.1, 0.15) is 5.82 Å². The van der Waals surface area contributed by atoms with Gasteiger partial charge in [-0.15, -0.1) is 11.3 Å². The van der Waals surface area contributed by atoms with Crippen LogP contribution in [0.1, 0.15) is 44.8 Å². The summed E-state index contributed by atoms with van der Waals surface area (Å²) >= 11 is 1.23. The van der Waals surface area contributed by atoms with Gasteiger partial charge in [0.2, 0.25) is 0 Å². The molecule has 0 radical (unpaired) electrons. The fourth-order valence-electron chi connectivity index (χ4n) is 4.77. The van der Waals surface area contributed by atoms with E-state index in [4.69, 9.17) is 0 Å². The zero-order valence-electron chi connectivity index (χ0n) is 19.7. The Bertz CT molecular complexity index is 1420. The molecule has 0 unspecified atom stereocenters. The zero-order chi connectivity index (χ0) is 25.2. The molecule has 1 aliphatic heterocycles. The van der Waals surface area contributed by atoms with Crippen molar-refractivity contribution in [2.45, 2.75) is 26.2 Å². The minimum atomic E-state index is -0.771. The Morgan fingerprint density at radius 3 is 2.58 bits per heavy atom. The molecule has 2 N–H and O–H groups in total. The largest absolute Gasteiger partial charge is 0.358 e. The van der Waals surface area contributed by atoms with Crippen molar-refractivity contribution < 1.29 is 18.8 Å². The highest BCUT2D eigenvalue weighted by molar-refractivity contribution is 7.13. The Morgan fingerprint density at radius 2 is 1.89 bits per heavy atom. The van der Waals surface area contributed by atoms with E-state index < -0.39 is 11.7 Å². The number of nitrogens with zero attached hydrogens (tertiary/aromatic N) is 2. The molecular formula is C27H25FN4O3S. The maximum atomic E-state index is 13.5. The van der Waals surface area contributed by atoms with Crippen LogP contribution in [0.2, 0.25) is 0 Å². The van der Waals surface area contributed by atoms with E-state index in [1.165, 1.54) is 23.5 Å². The summed E-state index contributed by atoms with van der Waals surface area (Å²) in [4.78, 5) is 47.7. The molecule has 0 atom stereocenters. The van der Waals surface area contributed by atoms with Crippen molar-refractivity contribution in [3.8, 4) is 0 Å². The molecule has 7 nitrogen and oxygen atoms in total. The van der Waals surface area contributed by atoms with Crippen molar-refractivity contribution in [2.75, 3.05) is 18.4 Å². The monoisotopic (exact) mass is 504 g/mol. The summed E-state index contributed by atoms with van der Waals surface area (Å²) in [5.74, 6) is -1.35. The standard InChI is InChI=1S/C27H25FN4O3S/c1-16-23(26(35)32-11-8-18(9-12-32)14-17-2-5-20(28)6-3-17)21-15-19(4-7-22(21)30-16)24(33)25(34)31-27-29-10-13-36-27/h2-7,10,13,15,18,30H,8-9,11-12,14H2,1H3,(H,29,31,34). The van der Waals surface area contributed by atoms with E-state index in [1.807, 2.05) is 24.0 Å².